The van der Waals surface area contributed by atoms with Gasteiger partial charge in [0.15, 0.2) is 0 Å². The number of benzene rings is 1. The first-order valence-corrected chi connectivity index (χ1v) is 11.6. The Kier molecular flexibility index (Phi) is 6.56. The van der Waals surface area contributed by atoms with Crippen molar-refractivity contribution in [2.24, 2.45) is 0 Å². The molecule has 1 unspecified atom stereocenters. The molecule has 0 bridgehead atoms. The quantitative estimate of drug-likeness (QED) is 0.780. The van der Waals surface area contributed by atoms with E-state index >= 15 is 0 Å². The van der Waals surface area contributed by atoms with E-state index in [1.54, 1.807) is 0 Å². The van der Waals surface area contributed by atoms with Crippen molar-refractivity contribution < 1.29 is 9.59 Å². The van der Waals surface area contributed by atoms with E-state index in [0.717, 1.165) is 69.4 Å². The molecule has 0 aliphatic carbocycles. The average molecular weight is 408 g/mol. The zero-order chi connectivity index (χ0) is 20.9. The van der Waals surface area contributed by atoms with E-state index in [0.29, 0.717) is 11.3 Å². The Morgan fingerprint density at radius 1 is 0.967 bits per heavy atom. The largest absolute Gasteiger partial charge is 0.345 e. The summed E-state index contributed by atoms with van der Waals surface area (Å²) in [6, 6.07) is 11.9. The molecule has 0 spiro atoms. The maximum Gasteiger partial charge on any atom is 0.270 e. The van der Waals surface area contributed by atoms with Crippen molar-refractivity contribution in [3.63, 3.8) is 0 Å². The lowest BCUT2D eigenvalue weighted by Gasteiger charge is -2.23. The monoisotopic (exact) mass is 407 g/mol. The zero-order valence-electron chi connectivity index (χ0n) is 18.0. The first-order chi connectivity index (χ1) is 14.7. The van der Waals surface area contributed by atoms with Gasteiger partial charge in [0.2, 0.25) is 0 Å². The van der Waals surface area contributed by atoms with Crippen LogP contribution in [-0.4, -0.2) is 34.4 Å². The third-order valence-corrected chi connectivity index (χ3v) is 6.53. The molecule has 2 amide bonds. The number of amides is 2. The van der Waals surface area contributed by atoms with Gasteiger partial charge in [-0.1, -0.05) is 50.1 Å². The fourth-order valence-electron chi connectivity index (χ4n) is 4.83. The summed E-state index contributed by atoms with van der Waals surface area (Å²) in [5.41, 5.74) is 3.52. The van der Waals surface area contributed by atoms with Gasteiger partial charge in [0.05, 0.1) is 11.6 Å². The molecular formula is C25H33N3O2. The predicted octanol–water partition coefficient (Wildman–Crippen LogP) is 4.72. The lowest BCUT2D eigenvalue weighted by Crippen LogP contribution is -2.33. The normalized spacial score (nSPS) is 17.7. The highest BCUT2D eigenvalue weighted by Gasteiger charge is 2.29. The van der Waals surface area contributed by atoms with Crippen molar-refractivity contribution >= 4 is 11.8 Å². The van der Waals surface area contributed by atoms with Crippen molar-refractivity contribution in [2.45, 2.75) is 70.9 Å². The first kappa shape index (κ1) is 20.7. The van der Waals surface area contributed by atoms with Crippen LogP contribution >= 0.6 is 0 Å². The number of fused-ring (bicyclic) bond motifs is 1. The Bertz CT molecular complexity index is 879. The second-order valence-electron chi connectivity index (χ2n) is 8.55. The Hall–Kier alpha value is -2.56. The van der Waals surface area contributed by atoms with Gasteiger partial charge < -0.3 is 14.8 Å². The zero-order valence-corrected chi connectivity index (χ0v) is 18.0. The molecular weight excluding hydrogens is 374 g/mol. The molecule has 1 aromatic carbocycles. The number of hydrogen-bond acceptors (Lipinski definition) is 2. The van der Waals surface area contributed by atoms with Crippen molar-refractivity contribution in [3.05, 3.63) is 58.9 Å². The summed E-state index contributed by atoms with van der Waals surface area (Å²) in [6.45, 7) is 4.56. The smallest absolute Gasteiger partial charge is 0.270 e. The van der Waals surface area contributed by atoms with Crippen LogP contribution in [0.15, 0.2) is 36.4 Å². The van der Waals surface area contributed by atoms with Crippen LogP contribution < -0.4 is 5.32 Å². The summed E-state index contributed by atoms with van der Waals surface area (Å²) in [5.74, 6) is 0.0282. The Labute approximate surface area is 179 Å². The van der Waals surface area contributed by atoms with Crippen molar-refractivity contribution in [2.75, 3.05) is 13.1 Å². The second kappa shape index (κ2) is 9.50. The number of hydrogen-bond donors (Lipinski definition) is 1. The van der Waals surface area contributed by atoms with Gasteiger partial charge in [0.1, 0.15) is 5.69 Å². The first-order valence-electron chi connectivity index (χ1n) is 11.6. The molecule has 4 rings (SSSR count). The van der Waals surface area contributed by atoms with Gasteiger partial charge in [0.25, 0.3) is 11.8 Å². The highest BCUT2D eigenvalue weighted by molar-refractivity contribution is 6.01. The molecule has 30 heavy (non-hydrogen) atoms. The van der Waals surface area contributed by atoms with Crippen LogP contribution in [0.3, 0.4) is 0 Å². The van der Waals surface area contributed by atoms with Crippen LogP contribution in [0.2, 0.25) is 0 Å². The van der Waals surface area contributed by atoms with Gasteiger partial charge in [-0.2, -0.15) is 0 Å². The molecule has 3 heterocycles. The van der Waals surface area contributed by atoms with E-state index in [9.17, 15) is 9.59 Å². The van der Waals surface area contributed by atoms with E-state index in [1.807, 2.05) is 29.2 Å². The summed E-state index contributed by atoms with van der Waals surface area (Å²) >= 11 is 0. The summed E-state index contributed by atoms with van der Waals surface area (Å²) in [5, 5.41) is 3.21. The summed E-state index contributed by atoms with van der Waals surface area (Å²) in [6.07, 6.45) is 8.35. The molecule has 1 N–H and O–H groups in total. The number of nitrogens with zero attached hydrogens (tertiary/aromatic N) is 2. The summed E-state index contributed by atoms with van der Waals surface area (Å²) in [4.78, 5) is 28.6. The topological polar surface area (TPSA) is 54.3 Å². The molecule has 1 fully saturated rings. The Morgan fingerprint density at radius 2 is 1.67 bits per heavy atom. The Morgan fingerprint density at radius 3 is 2.37 bits per heavy atom. The molecule has 0 radical (unpaired) electrons. The van der Waals surface area contributed by atoms with E-state index in [1.165, 1.54) is 12.8 Å². The number of aromatic nitrogens is 1. The van der Waals surface area contributed by atoms with E-state index in [-0.39, 0.29) is 17.9 Å². The van der Waals surface area contributed by atoms with Crippen LogP contribution in [-0.2, 0) is 13.0 Å². The molecule has 1 saturated heterocycles. The van der Waals surface area contributed by atoms with Gasteiger partial charge in [-0.15, -0.1) is 0 Å². The lowest BCUT2D eigenvalue weighted by molar-refractivity contribution is 0.0749. The highest BCUT2D eigenvalue weighted by atomic mass is 16.2. The van der Waals surface area contributed by atoms with Crippen molar-refractivity contribution in [1.82, 2.24) is 14.8 Å². The fraction of sp³-hybridized carbons (Fsp3) is 0.520. The van der Waals surface area contributed by atoms with Gasteiger partial charge in [-0.05, 0) is 50.2 Å². The number of carbonyl (C=O) groups excluding carboxylic acids is 2. The van der Waals surface area contributed by atoms with Gasteiger partial charge in [-0.3, -0.25) is 9.59 Å². The molecule has 2 aliphatic heterocycles. The highest BCUT2D eigenvalue weighted by Crippen LogP contribution is 2.27. The van der Waals surface area contributed by atoms with Crippen LogP contribution in [0.4, 0.5) is 0 Å². The fourth-order valence-corrected chi connectivity index (χ4v) is 4.83. The molecule has 2 aromatic rings. The molecule has 2 aliphatic rings. The summed E-state index contributed by atoms with van der Waals surface area (Å²) < 4.78 is 2.12. The minimum Gasteiger partial charge on any atom is -0.345 e. The lowest BCUT2D eigenvalue weighted by atomic mass is 10.0. The Balaban J connectivity index is 1.60. The van der Waals surface area contributed by atoms with Crippen LogP contribution in [0.1, 0.15) is 90.0 Å². The van der Waals surface area contributed by atoms with Crippen LogP contribution in [0.5, 0.6) is 0 Å². The maximum absolute atomic E-state index is 13.3. The van der Waals surface area contributed by atoms with Crippen LogP contribution in [0, 0.1) is 0 Å². The molecule has 5 heteroatoms. The van der Waals surface area contributed by atoms with Crippen LogP contribution in [0.25, 0.3) is 0 Å². The van der Waals surface area contributed by atoms with Gasteiger partial charge >= 0.3 is 0 Å². The minimum atomic E-state index is -0.0636. The van der Waals surface area contributed by atoms with E-state index < -0.39 is 0 Å². The van der Waals surface area contributed by atoms with E-state index in [2.05, 4.69) is 28.9 Å². The predicted molar refractivity (Wildman–Crippen MR) is 119 cm³/mol. The summed E-state index contributed by atoms with van der Waals surface area (Å²) in [7, 11) is 0. The average Bonchev–Trinajstić information content (AvgIpc) is 2.96. The van der Waals surface area contributed by atoms with Crippen molar-refractivity contribution in [1.29, 1.82) is 0 Å². The molecule has 1 atom stereocenters. The minimum absolute atomic E-state index is 0.0254. The number of carbonyl (C=O) groups is 2. The standard InChI is InChI=1S/C25H33N3O2/c1-2-21(19-12-6-5-7-13-19)26-24(29)20-18-23(28-17-11-8-14-22(20)28)25(30)27-15-9-3-4-10-16-27/h5-7,12-13,18,21H,2-4,8-11,14-17H2,1H3,(H,26,29). The SMILES string of the molecule is CCC(NC(=O)c1cc(C(=O)N2CCCCCC2)n2c1CCCC2)c1ccccc1. The molecule has 1 aromatic heterocycles. The van der Waals surface area contributed by atoms with Crippen molar-refractivity contribution in [3.8, 4) is 0 Å². The maximum atomic E-state index is 13.3. The molecule has 160 valence electrons. The number of rotatable bonds is 5. The number of likely N-dealkylation sites (tertiary alicyclic amines) is 1. The molecule has 5 nitrogen and oxygen atoms in total. The second-order valence-corrected chi connectivity index (χ2v) is 8.55. The third kappa shape index (κ3) is 4.30. The number of nitrogens with one attached hydrogen (secondary N) is 1. The third-order valence-electron chi connectivity index (χ3n) is 6.53. The molecule has 0 saturated carbocycles. The van der Waals surface area contributed by atoms with Gasteiger partial charge in [-0.25, -0.2) is 0 Å². The van der Waals surface area contributed by atoms with E-state index in [4.69, 9.17) is 0 Å². The van der Waals surface area contributed by atoms with Gasteiger partial charge in [0, 0.05) is 25.3 Å².